The number of sulfone groups is 1. The van der Waals surface area contributed by atoms with E-state index >= 15 is 0 Å². The smallest absolute Gasteiger partial charge is 0.337 e. The summed E-state index contributed by atoms with van der Waals surface area (Å²) < 4.78 is 25.5. The fourth-order valence-electron chi connectivity index (χ4n) is 1.92. The van der Waals surface area contributed by atoms with E-state index in [1.165, 1.54) is 24.4 Å². The van der Waals surface area contributed by atoms with Gasteiger partial charge in [-0.1, -0.05) is 22.0 Å². The lowest BCUT2D eigenvalue weighted by atomic mass is 10.2. The monoisotopic (exact) mass is 369 g/mol. The zero-order valence-electron chi connectivity index (χ0n) is 11.1. The highest BCUT2D eigenvalue weighted by Gasteiger charge is 2.23. The van der Waals surface area contributed by atoms with Crippen molar-refractivity contribution in [1.29, 1.82) is 0 Å². The Balaban J connectivity index is 2.49. The molecule has 0 aliphatic rings. The van der Waals surface area contributed by atoms with Crippen LogP contribution in [-0.2, 0) is 15.6 Å². The minimum Gasteiger partial charge on any atom is -0.478 e. The van der Waals surface area contributed by atoms with E-state index < -0.39 is 15.8 Å². The number of hydrogen-bond acceptors (Lipinski definition) is 4. The summed E-state index contributed by atoms with van der Waals surface area (Å²) in [5.41, 5.74) is 1.13. The predicted octanol–water partition coefficient (Wildman–Crippen LogP) is 2.82. The first-order chi connectivity index (χ1) is 9.79. The van der Waals surface area contributed by atoms with Crippen LogP contribution in [0.2, 0.25) is 0 Å². The molecular formula is C14H12BrNO4S. The first-order valence-electron chi connectivity index (χ1n) is 5.96. The van der Waals surface area contributed by atoms with E-state index in [4.69, 9.17) is 5.11 Å². The van der Waals surface area contributed by atoms with Gasteiger partial charge in [-0.05, 0) is 36.2 Å². The molecule has 0 saturated heterocycles. The van der Waals surface area contributed by atoms with Crippen LogP contribution in [0.1, 0.15) is 21.5 Å². The normalized spacial score (nSPS) is 11.3. The zero-order chi connectivity index (χ0) is 15.6. The van der Waals surface area contributed by atoms with Gasteiger partial charge in [-0.25, -0.2) is 13.2 Å². The summed E-state index contributed by atoms with van der Waals surface area (Å²) in [6.07, 6.45) is 3.08. The number of rotatable bonds is 4. The lowest BCUT2D eigenvalue weighted by Gasteiger charge is -2.09. The SMILES string of the molecule is Cc1cncc(CS(=O)(=O)c2cc(Br)ccc2C(=O)O)c1. The number of benzene rings is 1. The van der Waals surface area contributed by atoms with E-state index in [1.807, 2.05) is 6.92 Å². The Bertz CT molecular complexity index is 802. The molecule has 110 valence electrons. The van der Waals surface area contributed by atoms with Gasteiger partial charge in [0.2, 0.25) is 0 Å². The van der Waals surface area contributed by atoms with Crippen LogP contribution in [0.5, 0.6) is 0 Å². The Kier molecular flexibility index (Phi) is 4.43. The van der Waals surface area contributed by atoms with Crippen LogP contribution in [-0.4, -0.2) is 24.5 Å². The van der Waals surface area contributed by atoms with E-state index in [0.717, 1.165) is 5.56 Å². The Labute approximate surface area is 130 Å². The van der Waals surface area contributed by atoms with Crippen LogP contribution in [0.3, 0.4) is 0 Å². The van der Waals surface area contributed by atoms with Gasteiger partial charge < -0.3 is 5.11 Å². The minimum absolute atomic E-state index is 0.203. The van der Waals surface area contributed by atoms with Gasteiger partial charge in [-0.2, -0.15) is 0 Å². The highest BCUT2D eigenvalue weighted by molar-refractivity contribution is 9.10. The number of carboxylic acids is 1. The van der Waals surface area contributed by atoms with Gasteiger partial charge in [-0.3, -0.25) is 4.98 Å². The topological polar surface area (TPSA) is 84.3 Å². The first kappa shape index (κ1) is 15.7. The molecule has 0 atom stereocenters. The molecule has 0 spiro atoms. The van der Waals surface area contributed by atoms with E-state index in [0.29, 0.717) is 10.0 Å². The van der Waals surface area contributed by atoms with Crippen molar-refractivity contribution in [3.63, 3.8) is 0 Å². The fourth-order valence-corrected chi connectivity index (χ4v) is 3.99. The number of hydrogen-bond donors (Lipinski definition) is 1. The van der Waals surface area contributed by atoms with Crippen molar-refractivity contribution >= 4 is 31.7 Å². The number of carbonyl (C=O) groups is 1. The van der Waals surface area contributed by atoms with Crippen LogP contribution < -0.4 is 0 Å². The quantitative estimate of drug-likeness (QED) is 0.895. The summed E-state index contributed by atoms with van der Waals surface area (Å²) >= 11 is 3.17. The molecule has 1 heterocycles. The maximum Gasteiger partial charge on any atom is 0.337 e. The molecule has 21 heavy (non-hydrogen) atoms. The van der Waals surface area contributed by atoms with Crippen molar-refractivity contribution in [1.82, 2.24) is 4.98 Å². The Morgan fingerprint density at radius 3 is 2.62 bits per heavy atom. The maximum atomic E-state index is 12.5. The molecule has 1 N–H and O–H groups in total. The Morgan fingerprint density at radius 1 is 1.29 bits per heavy atom. The molecule has 1 aromatic heterocycles. The molecule has 5 nitrogen and oxygen atoms in total. The van der Waals surface area contributed by atoms with E-state index in [2.05, 4.69) is 20.9 Å². The van der Waals surface area contributed by atoms with Gasteiger partial charge in [0.15, 0.2) is 9.84 Å². The molecule has 0 bridgehead atoms. The maximum absolute atomic E-state index is 12.5. The number of carboxylic acid groups (broad SMARTS) is 1. The molecule has 0 unspecified atom stereocenters. The second-order valence-electron chi connectivity index (χ2n) is 4.58. The second kappa shape index (κ2) is 5.95. The van der Waals surface area contributed by atoms with Crippen LogP contribution in [0, 0.1) is 6.92 Å². The summed E-state index contributed by atoms with van der Waals surface area (Å²) in [7, 11) is -3.78. The first-order valence-corrected chi connectivity index (χ1v) is 8.40. The van der Waals surface area contributed by atoms with Crippen molar-refractivity contribution in [2.24, 2.45) is 0 Å². The number of nitrogens with zero attached hydrogens (tertiary/aromatic N) is 1. The van der Waals surface area contributed by atoms with E-state index in [9.17, 15) is 13.2 Å². The second-order valence-corrected chi connectivity index (χ2v) is 7.45. The Morgan fingerprint density at radius 2 is 2.00 bits per heavy atom. The van der Waals surface area contributed by atoms with Gasteiger partial charge in [0.1, 0.15) is 0 Å². The minimum atomic E-state index is -3.78. The average Bonchev–Trinajstić information content (AvgIpc) is 2.37. The molecule has 2 rings (SSSR count). The van der Waals surface area contributed by atoms with Gasteiger partial charge in [0.25, 0.3) is 0 Å². The van der Waals surface area contributed by atoms with Crippen LogP contribution in [0.25, 0.3) is 0 Å². The van der Waals surface area contributed by atoms with Crippen molar-refractivity contribution in [3.8, 4) is 0 Å². The zero-order valence-corrected chi connectivity index (χ0v) is 13.5. The summed E-state index contributed by atoms with van der Waals surface area (Å²) in [6.45, 7) is 1.81. The molecule has 0 saturated carbocycles. The van der Waals surface area contributed by atoms with Crippen molar-refractivity contribution in [2.75, 3.05) is 0 Å². The largest absolute Gasteiger partial charge is 0.478 e. The lowest BCUT2D eigenvalue weighted by molar-refractivity contribution is 0.0692. The Hall–Kier alpha value is -1.73. The number of aromatic nitrogens is 1. The molecular weight excluding hydrogens is 358 g/mol. The molecule has 7 heteroatoms. The van der Waals surface area contributed by atoms with Crippen LogP contribution in [0.4, 0.5) is 0 Å². The molecule has 2 aromatic rings. The number of aryl methyl sites for hydroxylation is 1. The molecule has 0 aliphatic heterocycles. The van der Waals surface area contributed by atoms with E-state index in [-0.39, 0.29) is 16.2 Å². The number of pyridine rings is 1. The van der Waals surface area contributed by atoms with Gasteiger partial charge in [-0.15, -0.1) is 0 Å². The summed E-state index contributed by atoms with van der Waals surface area (Å²) in [6, 6.07) is 5.79. The summed E-state index contributed by atoms with van der Waals surface area (Å²) in [5, 5.41) is 9.14. The van der Waals surface area contributed by atoms with E-state index in [1.54, 1.807) is 12.3 Å². The third-order valence-corrected chi connectivity index (χ3v) is 5.01. The highest BCUT2D eigenvalue weighted by Crippen LogP contribution is 2.24. The molecule has 0 amide bonds. The molecule has 0 radical (unpaired) electrons. The fraction of sp³-hybridized carbons (Fsp3) is 0.143. The molecule has 0 aliphatic carbocycles. The van der Waals surface area contributed by atoms with Gasteiger partial charge in [0.05, 0.1) is 16.2 Å². The van der Waals surface area contributed by atoms with Crippen molar-refractivity contribution in [3.05, 3.63) is 57.8 Å². The standard InChI is InChI=1S/C14H12BrNO4S/c1-9-4-10(7-16-6-9)8-21(19,20)13-5-11(15)2-3-12(13)14(17)18/h2-7H,8H2,1H3,(H,17,18). The van der Waals surface area contributed by atoms with Crippen molar-refractivity contribution in [2.45, 2.75) is 17.6 Å². The number of halogens is 1. The average molecular weight is 370 g/mol. The summed E-state index contributed by atoms with van der Waals surface area (Å²) in [4.78, 5) is 14.9. The van der Waals surface area contributed by atoms with Crippen molar-refractivity contribution < 1.29 is 18.3 Å². The molecule has 0 fully saturated rings. The van der Waals surface area contributed by atoms with Gasteiger partial charge in [0, 0.05) is 16.9 Å². The third-order valence-electron chi connectivity index (χ3n) is 2.80. The third kappa shape index (κ3) is 3.68. The lowest BCUT2D eigenvalue weighted by Crippen LogP contribution is -2.11. The van der Waals surface area contributed by atoms with Crippen LogP contribution >= 0.6 is 15.9 Å². The predicted molar refractivity (Wildman–Crippen MR) is 81.0 cm³/mol. The summed E-state index contributed by atoms with van der Waals surface area (Å²) in [5.74, 6) is -1.57. The number of aromatic carboxylic acids is 1. The highest BCUT2D eigenvalue weighted by atomic mass is 79.9. The van der Waals surface area contributed by atoms with Crippen LogP contribution in [0.15, 0.2) is 46.0 Å². The molecule has 1 aromatic carbocycles. The van der Waals surface area contributed by atoms with Gasteiger partial charge >= 0.3 is 5.97 Å².